The number of anilines is 2. The molecule has 2 N–H and O–H groups in total. The number of carbonyl (C=O) groups is 2. The summed E-state index contributed by atoms with van der Waals surface area (Å²) in [7, 11) is 1.41. The summed E-state index contributed by atoms with van der Waals surface area (Å²) >= 11 is 0. The van der Waals surface area contributed by atoms with Crippen LogP contribution >= 0.6 is 0 Å². The maximum atomic E-state index is 13.5. The van der Waals surface area contributed by atoms with E-state index >= 15 is 0 Å². The van der Waals surface area contributed by atoms with E-state index in [1.165, 1.54) is 31.4 Å². The summed E-state index contributed by atoms with van der Waals surface area (Å²) in [5, 5.41) is 5.36. The molecule has 0 bridgehead atoms. The van der Waals surface area contributed by atoms with E-state index in [-0.39, 0.29) is 30.2 Å². The van der Waals surface area contributed by atoms with Gasteiger partial charge in [-0.1, -0.05) is 25.1 Å². The lowest BCUT2D eigenvalue weighted by molar-refractivity contribution is -0.138. The predicted octanol–water partition coefficient (Wildman–Crippen LogP) is 4.54. The van der Waals surface area contributed by atoms with Crippen LogP contribution in [0.3, 0.4) is 0 Å². The van der Waals surface area contributed by atoms with E-state index in [0.29, 0.717) is 22.7 Å². The number of hydrogen-bond donors (Lipinski definition) is 2. The van der Waals surface area contributed by atoms with Crippen molar-refractivity contribution in [3.05, 3.63) is 53.1 Å². The number of rotatable bonds is 4. The quantitative estimate of drug-likeness (QED) is 0.803. The highest BCUT2D eigenvalue weighted by Crippen LogP contribution is 2.45. The zero-order valence-electron chi connectivity index (χ0n) is 15.3. The average Bonchev–Trinajstić information content (AvgIpc) is 2.66. The van der Waals surface area contributed by atoms with E-state index < -0.39 is 17.7 Å². The summed E-state index contributed by atoms with van der Waals surface area (Å²) < 4.78 is 45.8. The summed E-state index contributed by atoms with van der Waals surface area (Å²) in [5.74, 6) is -1.14. The second kappa shape index (κ2) is 7.53. The first-order valence-corrected chi connectivity index (χ1v) is 8.72. The molecule has 1 atom stereocenters. The molecule has 2 aromatic rings. The van der Waals surface area contributed by atoms with Crippen molar-refractivity contribution in [1.82, 2.24) is 0 Å². The predicted molar refractivity (Wildman–Crippen MR) is 98.4 cm³/mol. The minimum Gasteiger partial charge on any atom is -0.494 e. The first-order valence-electron chi connectivity index (χ1n) is 8.72. The smallest absolute Gasteiger partial charge is 0.416 e. The van der Waals surface area contributed by atoms with Crippen molar-refractivity contribution in [2.75, 3.05) is 17.7 Å². The van der Waals surface area contributed by atoms with Gasteiger partial charge >= 0.3 is 6.18 Å². The third kappa shape index (κ3) is 3.81. The largest absolute Gasteiger partial charge is 0.494 e. The van der Waals surface area contributed by atoms with Gasteiger partial charge in [-0.05, 0) is 23.3 Å². The van der Waals surface area contributed by atoms with Gasteiger partial charge in [0, 0.05) is 30.5 Å². The molecule has 0 spiro atoms. The van der Waals surface area contributed by atoms with E-state index in [2.05, 4.69) is 10.6 Å². The van der Waals surface area contributed by atoms with Gasteiger partial charge in [-0.15, -0.1) is 0 Å². The third-order valence-corrected chi connectivity index (χ3v) is 4.65. The molecule has 0 aromatic heterocycles. The number of ether oxygens (including phenoxy) is 1. The fourth-order valence-electron chi connectivity index (χ4n) is 3.33. The molecule has 3 rings (SSSR count). The zero-order chi connectivity index (χ0) is 20.5. The van der Waals surface area contributed by atoms with Crippen LogP contribution in [0.4, 0.5) is 24.5 Å². The number of fused-ring (bicyclic) bond motifs is 1. The molecule has 0 radical (unpaired) electrons. The van der Waals surface area contributed by atoms with Crippen LogP contribution in [-0.4, -0.2) is 18.9 Å². The monoisotopic (exact) mass is 392 g/mol. The summed E-state index contributed by atoms with van der Waals surface area (Å²) in [4.78, 5) is 24.0. The molecule has 0 saturated carbocycles. The molecule has 8 heteroatoms. The second-order valence-corrected chi connectivity index (χ2v) is 6.43. The van der Waals surface area contributed by atoms with Gasteiger partial charge in [0.25, 0.3) is 0 Å². The SMILES string of the molecule is CCC(=O)Nc1cc2c(cc1OC)NC(=O)C[C@H]2c1ccccc1C(F)(F)F. The maximum Gasteiger partial charge on any atom is 0.416 e. The Labute approximate surface area is 159 Å². The Morgan fingerprint density at radius 2 is 1.96 bits per heavy atom. The van der Waals surface area contributed by atoms with Gasteiger partial charge in [0.1, 0.15) is 5.75 Å². The van der Waals surface area contributed by atoms with Crippen LogP contribution in [0.2, 0.25) is 0 Å². The Kier molecular flexibility index (Phi) is 5.31. The molecule has 1 aliphatic rings. The van der Waals surface area contributed by atoms with E-state index in [1.54, 1.807) is 13.0 Å². The number of hydrogen-bond acceptors (Lipinski definition) is 3. The van der Waals surface area contributed by atoms with Gasteiger partial charge in [0.15, 0.2) is 0 Å². The van der Waals surface area contributed by atoms with Gasteiger partial charge in [-0.2, -0.15) is 13.2 Å². The minimum atomic E-state index is -4.55. The minimum absolute atomic E-state index is 0.0176. The fraction of sp³-hybridized carbons (Fsp3) is 0.300. The van der Waals surface area contributed by atoms with Gasteiger partial charge in [0.2, 0.25) is 11.8 Å². The van der Waals surface area contributed by atoms with Crippen LogP contribution in [0.25, 0.3) is 0 Å². The molecule has 28 heavy (non-hydrogen) atoms. The van der Waals surface area contributed by atoms with Gasteiger partial charge in [0.05, 0.1) is 18.4 Å². The molecule has 5 nitrogen and oxygen atoms in total. The molecular weight excluding hydrogens is 373 g/mol. The standard InChI is InChI=1S/C20H19F3N2O3/c1-3-18(26)25-16-8-13-12(9-19(27)24-15(13)10-17(16)28-2)11-6-4-5-7-14(11)20(21,22)23/h4-8,10,12H,3,9H2,1-2H3,(H,24,27)(H,25,26)/t12-/m0/s1. The highest BCUT2D eigenvalue weighted by atomic mass is 19.4. The molecule has 1 heterocycles. The first kappa shape index (κ1) is 19.7. The summed E-state index contributed by atoms with van der Waals surface area (Å²) in [6.07, 6.45) is -4.44. The van der Waals surface area contributed by atoms with Crippen molar-refractivity contribution in [2.24, 2.45) is 0 Å². The summed E-state index contributed by atoms with van der Waals surface area (Å²) in [6.45, 7) is 1.68. The lowest BCUT2D eigenvalue weighted by atomic mass is 9.82. The number of benzene rings is 2. The van der Waals surface area contributed by atoms with Crippen molar-refractivity contribution in [2.45, 2.75) is 31.9 Å². The van der Waals surface area contributed by atoms with Crippen LogP contribution in [0.1, 0.15) is 42.4 Å². The number of methoxy groups -OCH3 is 1. The fourth-order valence-corrected chi connectivity index (χ4v) is 3.33. The number of nitrogens with one attached hydrogen (secondary N) is 2. The Bertz CT molecular complexity index is 925. The number of amides is 2. The second-order valence-electron chi connectivity index (χ2n) is 6.43. The van der Waals surface area contributed by atoms with Crippen LogP contribution in [-0.2, 0) is 15.8 Å². The lowest BCUT2D eigenvalue weighted by Crippen LogP contribution is -2.25. The van der Waals surface area contributed by atoms with Crippen molar-refractivity contribution < 1.29 is 27.5 Å². The van der Waals surface area contributed by atoms with E-state index in [1.807, 2.05) is 0 Å². The van der Waals surface area contributed by atoms with E-state index in [9.17, 15) is 22.8 Å². The van der Waals surface area contributed by atoms with E-state index in [0.717, 1.165) is 6.07 Å². The van der Waals surface area contributed by atoms with Crippen molar-refractivity contribution in [1.29, 1.82) is 0 Å². The normalized spacial score (nSPS) is 16.2. The highest BCUT2D eigenvalue weighted by molar-refractivity contribution is 5.98. The Morgan fingerprint density at radius 1 is 1.25 bits per heavy atom. The van der Waals surface area contributed by atoms with Crippen LogP contribution in [0.15, 0.2) is 36.4 Å². The van der Waals surface area contributed by atoms with Crippen LogP contribution < -0.4 is 15.4 Å². The van der Waals surface area contributed by atoms with Crippen molar-refractivity contribution >= 4 is 23.2 Å². The van der Waals surface area contributed by atoms with Crippen LogP contribution in [0, 0.1) is 0 Å². The third-order valence-electron chi connectivity index (χ3n) is 4.65. The molecular formula is C20H19F3N2O3. The first-order chi connectivity index (χ1) is 13.2. The Hall–Kier alpha value is -3.03. The number of halogens is 3. The Balaban J connectivity index is 2.17. The van der Waals surface area contributed by atoms with Gasteiger partial charge < -0.3 is 15.4 Å². The van der Waals surface area contributed by atoms with Gasteiger partial charge in [-0.25, -0.2) is 0 Å². The maximum absolute atomic E-state index is 13.5. The number of carbonyl (C=O) groups excluding carboxylic acids is 2. The summed E-state index contributed by atoms with van der Waals surface area (Å²) in [5.41, 5.74) is 0.437. The highest BCUT2D eigenvalue weighted by Gasteiger charge is 2.38. The average molecular weight is 392 g/mol. The molecule has 2 amide bonds. The summed E-state index contributed by atoms with van der Waals surface area (Å²) in [6, 6.07) is 8.30. The molecule has 0 unspecified atom stereocenters. The number of alkyl halides is 3. The van der Waals surface area contributed by atoms with Crippen molar-refractivity contribution in [3.63, 3.8) is 0 Å². The molecule has 2 aromatic carbocycles. The topological polar surface area (TPSA) is 67.4 Å². The van der Waals surface area contributed by atoms with Crippen LogP contribution in [0.5, 0.6) is 5.75 Å². The molecule has 0 aliphatic carbocycles. The molecule has 0 fully saturated rings. The van der Waals surface area contributed by atoms with E-state index in [4.69, 9.17) is 4.74 Å². The Morgan fingerprint density at radius 3 is 2.61 bits per heavy atom. The molecule has 1 aliphatic heterocycles. The molecule has 0 saturated heterocycles. The van der Waals surface area contributed by atoms with Crippen molar-refractivity contribution in [3.8, 4) is 5.75 Å². The van der Waals surface area contributed by atoms with Gasteiger partial charge in [-0.3, -0.25) is 9.59 Å². The lowest BCUT2D eigenvalue weighted by Gasteiger charge is -2.29. The molecule has 148 valence electrons. The zero-order valence-corrected chi connectivity index (χ0v) is 15.3.